The summed E-state index contributed by atoms with van der Waals surface area (Å²) in [6.45, 7) is 2.48. The topological polar surface area (TPSA) is 55.8 Å². The number of benzene rings is 2. The second-order valence-electron chi connectivity index (χ2n) is 5.21. The molecule has 122 valence electrons. The van der Waals surface area contributed by atoms with Gasteiger partial charge in [0.1, 0.15) is 5.92 Å². The minimum absolute atomic E-state index is 0.0628. The number of hydrogen-bond donors (Lipinski definition) is 1. The summed E-state index contributed by atoms with van der Waals surface area (Å²) in [5, 5.41) is 10.4. The maximum absolute atomic E-state index is 12.2. The SMILES string of the molecule is CCOC(=O)[C@@H](c1ccccc1)[C@@H](O)COCc1ccccc1. The fourth-order valence-electron chi connectivity index (χ4n) is 2.38. The van der Waals surface area contributed by atoms with E-state index in [9.17, 15) is 9.90 Å². The molecule has 2 aromatic rings. The van der Waals surface area contributed by atoms with Crippen LogP contribution in [0.1, 0.15) is 24.0 Å². The zero-order valence-corrected chi connectivity index (χ0v) is 13.2. The summed E-state index contributed by atoms with van der Waals surface area (Å²) in [6, 6.07) is 18.8. The summed E-state index contributed by atoms with van der Waals surface area (Å²) >= 11 is 0. The van der Waals surface area contributed by atoms with Crippen molar-refractivity contribution >= 4 is 5.97 Å². The summed E-state index contributed by atoms with van der Waals surface area (Å²) in [5.74, 6) is -1.18. The van der Waals surface area contributed by atoms with Gasteiger partial charge in [0.25, 0.3) is 0 Å². The van der Waals surface area contributed by atoms with Crippen LogP contribution in [0.3, 0.4) is 0 Å². The molecule has 0 fully saturated rings. The second-order valence-corrected chi connectivity index (χ2v) is 5.21. The van der Waals surface area contributed by atoms with Crippen molar-refractivity contribution in [2.75, 3.05) is 13.2 Å². The number of aliphatic hydroxyl groups excluding tert-OH is 1. The molecule has 0 amide bonds. The van der Waals surface area contributed by atoms with Crippen LogP contribution in [-0.2, 0) is 20.9 Å². The summed E-state index contributed by atoms with van der Waals surface area (Å²) in [5.41, 5.74) is 1.74. The van der Waals surface area contributed by atoms with E-state index in [4.69, 9.17) is 9.47 Å². The monoisotopic (exact) mass is 314 g/mol. The number of ether oxygens (including phenoxy) is 2. The number of carbonyl (C=O) groups is 1. The maximum atomic E-state index is 12.2. The van der Waals surface area contributed by atoms with Gasteiger partial charge in [-0.05, 0) is 18.1 Å². The van der Waals surface area contributed by atoms with Gasteiger partial charge < -0.3 is 14.6 Å². The Kier molecular flexibility index (Phi) is 6.78. The predicted molar refractivity (Wildman–Crippen MR) is 87.9 cm³/mol. The van der Waals surface area contributed by atoms with E-state index in [2.05, 4.69) is 0 Å². The van der Waals surface area contributed by atoms with Crippen LogP contribution in [0.4, 0.5) is 0 Å². The molecule has 0 aliphatic carbocycles. The van der Waals surface area contributed by atoms with Crippen molar-refractivity contribution in [1.82, 2.24) is 0 Å². The van der Waals surface area contributed by atoms with E-state index in [0.29, 0.717) is 6.61 Å². The molecule has 23 heavy (non-hydrogen) atoms. The molecule has 0 saturated carbocycles. The third-order valence-corrected chi connectivity index (χ3v) is 3.48. The van der Waals surface area contributed by atoms with Gasteiger partial charge in [-0.2, -0.15) is 0 Å². The van der Waals surface area contributed by atoms with Gasteiger partial charge in [-0.15, -0.1) is 0 Å². The van der Waals surface area contributed by atoms with Gasteiger partial charge in [-0.3, -0.25) is 4.79 Å². The molecule has 1 N–H and O–H groups in total. The molecule has 4 nitrogen and oxygen atoms in total. The Labute approximate surface area is 136 Å². The van der Waals surface area contributed by atoms with E-state index in [-0.39, 0.29) is 13.2 Å². The molecular formula is C19H22O4. The lowest BCUT2D eigenvalue weighted by molar-refractivity contribution is -0.149. The first-order valence-electron chi connectivity index (χ1n) is 7.73. The number of aliphatic hydroxyl groups is 1. The average molecular weight is 314 g/mol. The van der Waals surface area contributed by atoms with Gasteiger partial charge in [-0.25, -0.2) is 0 Å². The Bertz CT molecular complexity index is 583. The van der Waals surface area contributed by atoms with E-state index in [1.54, 1.807) is 6.92 Å². The highest BCUT2D eigenvalue weighted by Gasteiger charge is 2.30. The minimum atomic E-state index is -0.958. The fourth-order valence-corrected chi connectivity index (χ4v) is 2.38. The van der Waals surface area contributed by atoms with E-state index < -0.39 is 18.0 Å². The van der Waals surface area contributed by atoms with Crippen molar-refractivity contribution in [3.05, 3.63) is 71.8 Å². The van der Waals surface area contributed by atoms with Gasteiger partial charge in [0, 0.05) is 0 Å². The molecule has 2 aromatic carbocycles. The van der Waals surface area contributed by atoms with Crippen molar-refractivity contribution in [3.8, 4) is 0 Å². The lowest BCUT2D eigenvalue weighted by atomic mass is 9.94. The van der Waals surface area contributed by atoms with Gasteiger partial charge >= 0.3 is 5.97 Å². The summed E-state index contributed by atoms with van der Waals surface area (Å²) < 4.78 is 10.6. The summed E-state index contributed by atoms with van der Waals surface area (Å²) in [4.78, 5) is 12.2. The Balaban J connectivity index is 1.99. The molecule has 0 aliphatic heterocycles. The van der Waals surface area contributed by atoms with E-state index >= 15 is 0 Å². The minimum Gasteiger partial charge on any atom is -0.465 e. The molecule has 2 rings (SSSR count). The Hall–Kier alpha value is -2.17. The van der Waals surface area contributed by atoms with Crippen LogP contribution < -0.4 is 0 Å². The van der Waals surface area contributed by atoms with Crippen molar-refractivity contribution < 1.29 is 19.4 Å². The number of rotatable bonds is 8. The third-order valence-electron chi connectivity index (χ3n) is 3.48. The highest BCUT2D eigenvalue weighted by atomic mass is 16.5. The second kappa shape index (κ2) is 9.08. The van der Waals surface area contributed by atoms with Crippen LogP contribution >= 0.6 is 0 Å². The predicted octanol–water partition coefficient (Wildman–Crippen LogP) is 2.91. The molecule has 0 spiro atoms. The largest absolute Gasteiger partial charge is 0.465 e. The maximum Gasteiger partial charge on any atom is 0.316 e. The molecule has 0 unspecified atom stereocenters. The molecule has 0 aliphatic rings. The molecule has 0 aromatic heterocycles. The molecule has 0 saturated heterocycles. The molecule has 0 radical (unpaired) electrons. The van der Waals surface area contributed by atoms with E-state index in [1.165, 1.54) is 0 Å². The summed E-state index contributed by atoms with van der Waals surface area (Å²) in [6.07, 6.45) is -0.958. The van der Waals surface area contributed by atoms with Crippen LogP contribution in [0.2, 0.25) is 0 Å². The number of esters is 1. The highest BCUT2D eigenvalue weighted by molar-refractivity contribution is 5.79. The zero-order chi connectivity index (χ0) is 16.5. The van der Waals surface area contributed by atoms with Crippen LogP contribution in [0.25, 0.3) is 0 Å². The van der Waals surface area contributed by atoms with Crippen LogP contribution in [0.5, 0.6) is 0 Å². The van der Waals surface area contributed by atoms with E-state index in [0.717, 1.165) is 11.1 Å². The first-order chi connectivity index (χ1) is 11.2. The zero-order valence-electron chi connectivity index (χ0n) is 13.2. The molecule has 0 bridgehead atoms. The van der Waals surface area contributed by atoms with Crippen molar-refractivity contribution in [2.24, 2.45) is 0 Å². The molecule has 4 heteroatoms. The third kappa shape index (κ3) is 5.20. The smallest absolute Gasteiger partial charge is 0.316 e. The fraction of sp³-hybridized carbons (Fsp3) is 0.316. The van der Waals surface area contributed by atoms with Gasteiger partial charge in [0.2, 0.25) is 0 Å². The van der Waals surface area contributed by atoms with Gasteiger partial charge in [-0.1, -0.05) is 60.7 Å². The first kappa shape index (κ1) is 17.2. The first-order valence-corrected chi connectivity index (χ1v) is 7.73. The Morgan fingerprint density at radius 2 is 1.65 bits per heavy atom. The molecule has 0 heterocycles. The standard InChI is InChI=1S/C19H22O4/c1-2-23-19(21)18(16-11-7-4-8-12-16)17(20)14-22-13-15-9-5-3-6-10-15/h3-12,17-18,20H,2,13-14H2,1H3/t17-,18-/m0/s1. The van der Waals surface area contributed by atoms with Crippen molar-refractivity contribution in [1.29, 1.82) is 0 Å². The Morgan fingerprint density at radius 3 is 2.26 bits per heavy atom. The number of hydrogen-bond acceptors (Lipinski definition) is 4. The highest BCUT2D eigenvalue weighted by Crippen LogP contribution is 2.22. The quantitative estimate of drug-likeness (QED) is 0.761. The van der Waals surface area contributed by atoms with Crippen LogP contribution in [0.15, 0.2) is 60.7 Å². The molecule has 2 atom stereocenters. The van der Waals surface area contributed by atoms with Crippen LogP contribution in [-0.4, -0.2) is 30.4 Å². The van der Waals surface area contributed by atoms with E-state index in [1.807, 2.05) is 60.7 Å². The van der Waals surface area contributed by atoms with Crippen molar-refractivity contribution in [2.45, 2.75) is 25.6 Å². The van der Waals surface area contributed by atoms with Crippen molar-refractivity contribution in [3.63, 3.8) is 0 Å². The lowest BCUT2D eigenvalue weighted by Gasteiger charge is -2.21. The molecular weight excluding hydrogens is 292 g/mol. The summed E-state index contributed by atoms with van der Waals surface area (Å²) in [7, 11) is 0. The van der Waals surface area contributed by atoms with Crippen LogP contribution in [0, 0.1) is 0 Å². The van der Waals surface area contributed by atoms with Gasteiger partial charge in [0.05, 0.1) is 25.9 Å². The lowest BCUT2D eigenvalue weighted by Crippen LogP contribution is -2.31. The normalized spacial score (nSPS) is 13.3. The number of carbonyl (C=O) groups excluding carboxylic acids is 1. The Morgan fingerprint density at radius 1 is 1.04 bits per heavy atom. The van der Waals surface area contributed by atoms with Gasteiger partial charge in [0.15, 0.2) is 0 Å². The average Bonchev–Trinajstić information content (AvgIpc) is 2.57.